The van der Waals surface area contributed by atoms with Gasteiger partial charge in [0.2, 0.25) is 0 Å². The van der Waals surface area contributed by atoms with Gasteiger partial charge in [-0.05, 0) is 31.6 Å². The summed E-state index contributed by atoms with van der Waals surface area (Å²) in [6.07, 6.45) is 16.1. The fourth-order valence-electron chi connectivity index (χ4n) is 3.34. The van der Waals surface area contributed by atoms with Crippen LogP contribution >= 0.6 is 0 Å². The Kier molecular flexibility index (Phi) is 12.6. The molecule has 0 heterocycles. The van der Waals surface area contributed by atoms with Crippen LogP contribution in [0.5, 0.6) is 0 Å². The molecule has 114 valence electrons. The molecule has 0 atom stereocenters. The molecule has 0 heteroatoms. The molecule has 0 nitrogen and oxygen atoms in total. The van der Waals surface area contributed by atoms with Crippen LogP contribution in [0.4, 0.5) is 0 Å². The lowest BCUT2D eigenvalue weighted by Crippen LogP contribution is -2.22. The first kappa shape index (κ1) is 18.7. The van der Waals surface area contributed by atoms with Crippen molar-refractivity contribution in [2.24, 2.45) is 11.8 Å². The molecule has 0 aromatic heterocycles. The molecule has 19 heavy (non-hydrogen) atoms. The molecule has 0 amide bonds. The minimum atomic E-state index is 1.16. The van der Waals surface area contributed by atoms with Gasteiger partial charge in [-0.1, -0.05) is 84.1 Å². The molecule has 0 aromatic rings. The zero-order valence-corrected chi connectivity index (χ0v) is 14.1. The maximum absolute atomic E-state index is 3.79. The Morgan fingerprint density at radius 2 is 1.26 bits per heavy atom. The van der Waals surface area contributed by atoms with Crippen molar-refractivity contribution in [2.75, 3.05) is 0 Å². The van der Waals surface area contributed by atoms with Crippen LogP contribution < -0.4 is 0 Å². The van der Waals surface area contributed by atoms with Gasteiger partial charge in [0, 0.05) is 0 Å². The highest BCUT2D eigenvalue weighted by Crippen LogP contribution is 2.39. The van der Waals surface area contributed by atoms with Crippen molar-refractivity contribution in [3.63, 3.8) is 0 Å². The van der Waals surface area contributed by atoms with E-state index in [2.05, 4.69) is 20.4 Å². The number of allylic oxidation sites excluding steroid dienone is 1. The standard InChI is InChI=1S/C10H18.C7H14.C2H6/c1-2-6-10-8-4-3-7-9(10)5-1;1-4-5-6-7(2)3;1-2/h9-10H,1-8H2;2,4-6H2,1,3H3;1-2H3. The van der Waals surface area contributed by atoms with Gasteiger partial charge in [-0.15, -0.1) is 6.58 Å². The van der Waals surface area contributed by atoms with Crippen LogP contribution in [0, 0.1) is 11.8 Å². The molecule has 0 radical (unpaired) electrons. The van der Waals surface area contributed by atoms with Gasteiger partial charge in [0.15, 0.2) is 0 Å². The Balaban J connectivity index is 0.000000321. The molecule has 2 fully saturated rings. The Labute approximate surface area is 123 Å². The number of hydrogen-bond donors (Lipinski definition) is 0. The van der Waals surface area contributed by atoms with E-state index in [1.165, 1.54) is 50.5 Å². The Morgan fingerprint density at radius 1 is 0.895 bits per heavy atom. The lowest BCUT2D eigenvalue weighted by atomic mass is 9.71. The first-order valence-electron chi connectivity index (χ1n) is 8.88. The molecular weight excluding hydrogens is 228 g/mol. The quantitative estimate of drug-likeness (QED) is 0.476. The Bertz CT molecular complexity index is 178. The molecule has 0 spiro atoms. The maximum Gasteiger partial charge on any atom is -0.0326 e. The van der Waals surface area contributed by atoms with Gasteiger partial charge in [0.1, 0.15) is 0 Å². The number of unbranched alkanes of at least 4 members (excludes halogenated alkanes) is 1. The first-order valence-corrected chi connectivity index (χ1v) is 8.88. The molecule has 0 saturated heterocycles. The summed E-state index contributed by atoms with van der Waals surface area (Å²) in [5.74, 6) is 2.31. The average Bonchev–Trinajstić information content (AvgIpc) is 2.48. The van der Waals surface area contributed by atoms with Crippen molar-refractivity contribution in [2.45, 2.75) is 98.3 Å². The van der Waals surface area contributed by atoms with Crippen molar-refractivity contribution >= 4 is 0 Å². The summed E-state index contributed by atoms with van der Waals surface area (Å²) in [4.78, 5) is 0. The highest BCUT2D eigenvalue weighted by Gasteiger charge is 2.26. The van der Waals surface area contributed by atoms with Gasteiger partial charge in [0.25, 0.3) is 0 Å². The summed E-state index contributed by atoms with van der Waals surface area (Å²) in [6.45, 7) is 12.1. The molecule has 2 aliphatic carbocycles. The van der Waals surface area contributed by atoms with E-state index in [0.29, 0.717) is 0 Å². The van der Waals surface area contributed by atoms with Gasteiger partial charge in [0.05, 0.1) is 0 Å². The predicted octanol–water partition coefficient (Wildman–Crippen LogP) is 7.15. The molecular formula is C19H38. The van der Waals surface area contributed by atoms with Crippen LogP contribution in [0.15, 0.2) is 12.2 Å². The maximum atomic E-state index is 3.79. The van der Waals surface area contributed by atoms with E-state index in [9.17, 15) is 0 Å². The normalized spacial score (nSPS) is 25.1. The van der Waals surface area contributed by atoms with Crippen LogP contribution in [0.3, 0.4) is 0 Å². The van der Waals surface area contributed by atoms with Crippen molar-refractivity contribution < 1.29 is 0 Å². The highest BCUT2D eigenvalue weighted by atomic mass is 14.3. The number of hydrogen-bond acceptors (Lipinski definition) is 0. The van der Waals surface area contributed by atoms with Crippen LogP contribution in [-0.4, -0.2) is 0 Å². The molecule has 0 aromatic carbocycles. The van der Waals surface area contributed by atoms with Crippen molar-refractivity contribution in [1.29, 1.82) is 0 Å². The van der Waals surface area contributed by atoms with Gasteiger partial charge in [-0.2, -0.15) is 0 Å². The third-order valence-corrected chi connectivity index (χ3v) is 4.42. The van der Waals surface area contributed by atoms with Crippen molar-refractivity contribution in [3.05, 3.63) is 12.2 Å². The summed E-state index contributed by atoms with van der Waals surface area (Å²) < 4.78 is 0. The van der Waals surface area contributed by atoms with E-state index in [1.54, 1.807) is 25.7 Å². The fourth-order valence-corrected chi connectivity index (χ4v) is 3.34. The monoisotopic (exact) mass is 266 g/mol. The smallest absolute Gasteiger partial charge is 0.0326 e. The van der Waals surface area contributed by atoms with Crippen LogP contribution in [-0.2, 0) is 0 Å². The molecule has 0 N–H and O–H groups in total. The predicted molar refractivity (Wildman–Crippen MR) is 89.6 cm³/mol. The zero-order chi connectivity index (χ0) is 14.5. The average molecular weight is 267 g/mol. The second kappa shape index (κ2) is 12.8. The second-order valence-electron chi connectivity index (χ2n) is 6.15. The molecule has 2 saturated carbocycles. The van der Waals surface area contributed by atoms with E-state index in [1.807, 2.05) is 13.8 Å². The van der Waals surface area contributed by atoms with E-state index >= 15 is 0 Å². The van der Waals surface area contributed by atoms with Gasteiger partial charge < -0.3 is 0 Å². The second-order valence-corrected chi connectivity index (χ2v) is 6.15. The topological polar surface area (TPSA) is 0 Å². The van der Waals surface area contributed by atoms with Gasteiger partial charge in [-0.3, -0.25) is 0 Å². The van der Waals surface area contributed by atoms with Gasteiger partial charge >= 0.3 is 0 Å². The van der Waals surface area contributed by atoms with Crippen LogP contribution in [0.25, 0.3) is 0 Å². The Hall–Kier alpha value is -0.260. The minimum Gasteiger partial charge on any atom is -0.100 e. The third-order valence-electron chi connectivity index (χ3n) is 4.42. The largest absolute Gasteiger partial charge is 0.100 e. The van der Waals surface area contributed by atoms with Crippen molar-refractivity contribution in [1.82, 2.24) is 0 Å². The zero-order valence-electron chi connectivity index (χ0n) is 14.1. The minimum absolute atomic E-state index is 1.16. The lowest BCUT2D eigenvalue weighted by molar-refractivity contribution is 0.171. The molecule has 0 unspecified atom stereocenters. The molecule has 2 rings (SSSR count). The van der Waals surface area contributed by atoms with E-state index in [0.717, 1.165) is 11.8 Å². The SMILES string of the molecule is C1CCC2CCCCC2C1.C=C(C)CCCC.CC. The summed E-state index contributed by atoms with van der Waals surface area (Å²) in [7, 11) is 0. The molecule has 0 bridgehead atoms. The van der Waals surface area contributed by atoms with Crippen molar-refractivity contribution in [3.8, 4) is 0 Å². The third kappa shape index (κ3) is 9.30. The number of rotatable bonds is 3. The lowest BCUT2D eigenvalue weighted by Gasteiger charge is -2.35. The molecule has 2 aliphatic rings. The highest BCUT2D eigenvalue weighted by molar-refractivity contribution is 4.86. The first-order chi connectivity index (χ1) is 9.24. The van der Waals surface area contributed by atoms with Gasteiger partial charge in [-0.25, -0.2) is 0 Å². The van der Waals surface area contributed by atoms with E-state index in [4.69, 9.17) is 0 Å². The Morgan fingerprint density at radius 3 is 1.47 bits per heavy atom. The van der Waals surface area contributed by atoms with Crippen LogP contribution in [0.1, 0.15) is 98.3 Å². The summed E-state index contributed by atoms with van der Waals surface area (Å²) in [6, 6.07) is 0. The molecule has 0 aliphatic heterocycles. The fraction of sp³-hybridized carbons (Fsp3) is 0.895. The number of fused-ring (bicyclic) bond motifs is 1. The van der Waals surface area contributed by atoms with E-state index < -0.39 is 0 Å². The summed E-state index contributed by atoms with van der Waals surface area (Å²) in [5, 5.41) is 0. The van der Waals surface area contributed by atoms with Crippen LogP contribution in [0.2, 0.25) is 0 Å². The summed E-state index contributed by atoms with van der Waals surface area (Å²) >= 11 is 0. The van der Waals surface area contributed by atoms with E-state index in [-0.39, 0.29) is 0 Å². The summed E-state index contributed by atoms with van der Waals surface area (Å²) in [5.41, 5.74) is 1.31.